The summed E-state index contributed by atoms with van der Waals surface area (Å²) in [6, 6.07) is 14.0. The Kier molecular flexibility index (Phi) is 6.92. The van der Waals surface area contributed by atoms with Crippen molar-refractivity contribution in [3.05, 3.63) is 75.6 Å². The number of rotatable bonds is 8. The van der Waals surface area contributed by atoms with Crippen molar-refractivity contribution in [1.29, 1.82) is 0 Å². The van der Waals surface area contributed by atoms with Crippen LogP contribution >= 0.6 is 0 Å². The molecule has 0 bridgehead atoms. The Morgan fingerprint density at radius 3 is 2.32 bits per heavy atom. The molecule has 7 nitrogen and oxygen atoms in total. The first-order valence-electron chi connectivity index (χ1n) is 10.1. The highest BCUT2D eigenvalue weighted by Gasteiger charge is 2.17. The molecule has 2 aromatic carbocycles. The van der Waals surface area contributed by atoms with E-state index in [1.807, 2.05) is 51.1 Å². The molecule has 0 saturated heterocycles. The lowest BCUT2D eigenvalue weighted by atomic mass is 10.1. The number of nitrogens with zero attached hydrogens (tertiary/aromatic N) is 2. The van der Waals surface area contributed by atoms with E-state index in [0.717, 1.165) is 22.4 Å². The van der Waals surface area contributed by atoms with Gasteiger partial charge < -0.3 is 4.74 Å². The van der Waals surface area contributed by atoms with Gasteiger partial charge in [0.25, 0.3) is 5.56 Å². The van der Waals surface area contributed by atoms with Gasteiger partial charge in [0, 0.05) is 18.2 Å². The Bertz CT molecular complexity index is 1230. The molecule has 0 aliphatic carbocycles. The van der Waals surface area contributed by atoms with Crippen LogP contribution in [0.25, 0.3) is 11.3 Å². The van der Waals surface area contributed by atoms with Crippen LogP contribution in [0.2, 0.25) is 0 Å². The van der Waals surface area contributed by atoms with E-state index in [0.29, 0.717) is 17.9 Å². The summed E-state index contributed by atoms with van der Waals surface area (Å²) < 4.78 is 34.8. The van der Waals surface area contributed by atoms with Crippen LogP contribution in [0.15, 0.2) is 58.2 Å². The molecule has 0 unspecified atom stereocenters. The molecule has 1 aromatic heterocycles. The molecule has 1 N–H and O–H groups in total. The molecule has 0 radical (unpaired) electrons. The summed E-state index contributed by atoms with van der Waals surface area (Å²) in [6.45, 7) is 8.26. The van der Waals surface area contributed by atoms with Crippen LogP contribution in [-0.4, -0.2) is 31.3 Å². The number of aryl methyl sites for hydroxylation is 3. The molecule has 0 saturated carbocycles. The summed E-state index contributed by atoms with van der Waals surface area (Å²) in [7, 11) is -3.69. The Morgan fingerprint density at radius 1 is 0.968 bits per heavy atom. The average molecular weight is 442 g/mol. The number of hydrogen-bond acceptors (Lipinski definition) is 5. The minimum atomic E-state index is -3.69. The number of aromatic nitrogens is 2. The number of ether oxygens (including phenoxy) is 1. The minimum absolute atomic E-state index is 0.0499. The van der Waals surface area contributed by atoms with E-state index in [9.17, 15) is 13.2 Å². The van der Waals surface area contributed by atoms with Crippen LogP contribution in [0, 0.1) is 20.8 Å². The predicted octanol–water partition coefficient (Wildman–Crippen LogP) is 3.21. The van der Waals surface area contributed by atoms with Gasteiger partial charge in [-0.25, -0.2) is 17.8 Å². The van der Waals surface area contributed by atoms with Gasteiger partial charge in [0.1, 0.15) is 5.75 Å². The third kappa shape index (κ3) is 5.39. The zero-order chi connectivity index (χ0) is 22.6. The van der Waals surface area contributed by atoms with Crippen LogP contribution in [0.3, 0.4) is 0 Å². The van der Waals surface area contributed by atoms with Crippen molar-refractivity contribution in [2.75, 3.05) is 13.2 Å². The molecule has 3 rings (SSSR count). The molecule has 0 fully saturated rings. The van der Waals surface area contributed by atoms with E-state index in [1.165, 1.54) is 10.7 Å². The first-order valence-corrected chi connectivity index (χ1v) is 11.6. The standard InChI is InChI=1S/C23H27N3O4S/c1-5-30-20-8-6-19(7-9-20)21-10-11-23(27)26(25-21)13-12-24-31(28,29)22-15-17(3)16(2)14-18(22)4/h6-11,14-15,24H,5,12-13H2,1-4H3. The molecular formula is C23H27N3O4S. The number of nitrogens with one attached hydrogen (secondary N) is 1. The first-order chi connectivity index (χ1) is 14.7. The van der Waals surface area contributed by atoms with E-state index in [-0.39, 0.29) is 23.5 Å². The van der Waals surface area contributed by atoms with Crippen LogP contribution in [0.1, 0.15) is 23.6 Å². The summed E-state index contributed by atoms with van der Waals surface area (Å²) in [5.74, 6) is 0.760. The van der Waals surface area contributed by atoms with Crippen molar-refractivity contribution in [2.45, 2.75) is 39.1 Å². The van der Waals surface area contributed by atoms with E-state index >= 15 is 0 Å². The van der Waals surface area contributed by atoms with E-state index in [2.05, 4.69) is 9.82 Å². The molecule has 164 valence electrons. The summed E-state index contributed by atoms with van der Waals surface area (Å²) in [5, 5.41) is 4.38. The van der Waals surface area contributed by atoms with Gasteiger partial charge in [-0.05, 0) is 80.8 Å². The van der Waals surface area contributed by atoms with Gasteiger partial charge in [-0.2, -0.15) is 5.10 Å². The van der Waals surface area contributed by atoms with Crippen LogP contribution in [0.5, 0.6) is 5.75 Å². The average Bonchev–Trinajstić information content (AvgIpc) is 2.73. The van der Waals surface area contributed by atoms with Crippen LogP contribution in [-0.2, 0) is 16.6 Å². The summed E-state index contributed by atoms with van der Waals surface area (Å²) >= 11 is 0. The van der Waals surface area contributed by atoms with Gasteiger partial charge in [-0.3, -0.25) is 4.79 Å². The zero-order valence-electron chi connectivity index (χ0n) is 18.2. The predicted molar refractivity (Wildman–Crippen MR) is 121 cm³/mol. The van der Waals surface area contributed by atoms with Gasteiger partial charge in [-0.1, -0.05) is 6.07 Å². The molecule has 0 aliphatic rings. The van der Waals surface area contributed by atoms with E-state index in [1.54, 1.807) is 19.1 Å². The molecule has 3 aromatic rings. The first kappa shape index (κ1) is 22.7. The van der Waals surface area contributed by atoms with Gasteiger partial charge in [0.05, 0.1) is 23.7 Å². The molecule has 0 spiro atoms. The molecule has 0 amide bonds. The second-order valence-corrected chi connectivity index (χ2v) is 9.07. The smallest absolute Gasteiger partial charge is 0.266 e. The zero-order valence-corrected chi connectivity index (χ0v) is 19.0. The van der Waals surface area contributed by atoms with Crippen molar-refractivity contribution < 1.29 is 13.2 Å². The Balaban J connectivity index is 1.74. The fourth-order valence-corrected chi connectivity index (χ4v) is 4.57. The summed E-state index contributed by atoms with van der Waals surface area (Å²) in [4.78, 5) is 12.5. The molecule has 8 heteroatoms. The summed E-state index contributed by atoms with van der Waals surface area (Å²) in [5.41, 5.74) is 3.80. The fraction of sp³-hybridized carbons (Fsp3) is 0.304. The van der Waals surface area contributed by atoms with E-state index in [4.69, 9.17) is 4.74 Å². The third-order valence-corrected chi connectivity index (χ3v) is 6.63. The monoisotopic (exact) mass is 441 g/mol. The second kappa shape index (κ2) is 9.45. The minimum Gasteiger partial charge on any atom is -0.494 e. The van der Waals surface area contributed by atoms with Gasteiger partial charge in [0.2, 0.25) is 10.0 Å². The highest BCUT2D eigenvalue weighted by Crippen LogP contribution is 2.21. The highest BCUT2D eigenvalue weighted by molar-refractivity contribution is 7.89. The lowest BCUT2D eigenvalue weighted by Crippen LogP contribution is -2.32. The molecule has 0 atom stereocenters. The maximum Gasteiger partial charge on any atom is 0.266 e. The van der Waals surface area contributed by atoms with Gasteiger partial charge >= 0.3 is 0 Å². The normalized spacial score (nSPS) is 11.5. The molecule has 1 heterocycles. The lowest BCUT2D eigenvalue weighted by molar-refractivity contribution is 0.340. The Hall–Kier alpha value is -2.97. The van der Waals surface area contributed by atoms with Crippen molar-refractivity contribution in [3.63, 3.8) is 0 Å². The van der Waals surface area contributed by atoms with E-state index < -0.39 is 10.0 Å². The highest BCUT2D eigenvalue weighted by atomic mass is 32.2. The lowest BCUT2D eigenvalue weighted by Gasteiger charge is -2.12. The molecule has 31 heavy (non-hydrogen) atoms. The number of sulfonamides is 1. The van der Waals surface area contributed by atoms with Gasteiger partial charge in [-0.15, -0.1) is 0 Å². The molecule has 0 aliphatic heterocycles. The van der Waals surface area contributed by atoms with Crippen molar-refractivity contribution in [2.24, 2.45) is 0 Å². The fourth-order valence-electron chi connectivity index (χ4n) is 3.24. The quantitative estimate of drug-likeness (QED) is 0.580. The topological polar surface area (TPSA) is 90.3 Å². The second-order valence-electron chi connectivity index (χ2n) is 7.34. The largest absolute Gasteiger partial charge is 0.494 e. The number of hydrogen-bond donors (Lipinski definition) is 1. The van der Waals surface area contributed by atoms with Gasteiger partial charge in [0.15, 0.2) is 0 Å². The Labute approximate surface area is 182 Å². The number of benzene rings is 2. The van der Waals surface area contributed by atoms with Crippen molar-refractivity contribution in [3.8, 4) is 17.0 Å². The Morgan fingerprint density at radius 2 is 1.65 bits per heavy atom. The summed E-state index contributed by atoms with van der Waals surface area (Å²) in [6.07, 6.45) is 0. The van der Waals surface area contributed by atoms with Crippen molar-refractivity contribution >= 4 is 10.0 Å². The van der Waals surface area contributed by atoms with Crippen molar-refractivity contribution in [1.82, 2.24) is 14.5 Å². The maximum absolute atomic E-state index is 12.7. The van der Waals surface area contributed by atoms with Crippen LogP contribution in [0.4, 0.5) is 0 Å². The SMILES string of the molecule is CCOc1ccc(-c2ccc(=O)n(CCNS(=O)(=O)c3cc(C)c(C)cc3C)n2)cc1. The maximum atomic E-state index is 12.7. The van der Waals surface area contributed by atoms with Crippen LogP contribution < -0.4 is 15.0 Å². The third-order valence-electron chi connectivity index (χ3n) is 5.02. The molecular weight excluding hydrogens is 414 g/mol.